The van der Waals surface area contributed by atoms with Gasteiger partial charge in [0.15, 0.2) is 0 Å². The Hall–Kier alpha value is -2.11. The number of carbonyl (C=O) groups is 2. The van der Waals surface area contributed by atoms with Crippen LogP contribution < -0.4 is 0 Å². The lowest BCUT2D eigenvalue weighted by Gasteiger charge is -2.24. The van der Waals surface area contributed by atoms with E-state index in [1.165, 1.54) is 4.90 Å². The number of benzene rings is 1. The summed E-state index contributed by atoms with van der Waals surface area (Å²) in [6.45, 7) is 5.12. The summed E-state index contributed by atoms with van der Waals surface area (Å²) < 4.78 is 24.4. The van der Waals surface area contributed by atoms with Gasteiger partial charge in [0.1, 0.15) is 24.3 Å². The zero-order chi connectivity index (χ0) is 17.0. The summed E-state index contributed by atoms with van der Waals surface area (Å²) in [5.74, 6) is -1.60. The highest BCUT2D eigenvalue weighted by Crippen LogP contribution is 2.24. The van der Waals surface area contributed by atoms with Gasteiger partial charge >= 0.3 is 12.1 Å². The van der Waals surface area contributed by atoms with E-state index in [0.29, 0.717) is 0 Å². The Balaban J connectivity index is 1.88. The fraction of sp³-hybridized carbons (Fsp3) is 0.529. The van der Waals surface area contributed by atoms with Crippen molar-refractivity contribution >= 4 is 12.1 Å². The molecule has 0 unspecified atom stereocenters. The van der Waals surface area contributed by atoms with Gasteiger partial charge in [-0.2, -0.15) is 0 Å². The first-order valence-electron chi connectivity index (χ1n) is 7.59. The fourth-order valence-electron chi connectivity index (χ4n) is 2.30. The van der Waals surface area contributed by atoms with Crippen molar-refractivity contribution in [1.29, 1.82) is 0 Å². The van der Waals surface area contributed by atoms with E-state index in [-0.39, 0.29) is 19.7 Å². The van der Waals surface area contributed by atoms with Crippen LogP contribution in [0.25, 0.3) is 0 Å². The molecule has 23 heavy (non-hydrogen) atoms. The number of hydrogen-bond acceptors (Lipinski definition) is 4. The molecular weight excluding hydrogens is 301 g/mol. The number of alkyl halides is 1. The lowest BCUT2D eigenvalue weighted by molar-refractivity contribution is -0.150. The molecule has 0 bridgehead atoms. The van der Waals surface area contributed by atoms with Crippen molar-refractivity contribution in [2.75, 3.05) is 13.1 Å². The number of amides is 1. The van der Waals surface area contributed by atoms with Crippen LogP contribution in [0.4, 0.5) is 9.18 Å². The molecule has 2 atom stereocenters. The molecule has 1 aliphatic rings. The van der Waals surface area contributed by atoms with Crippen LogP contribution in [0.1, 0.15) is 26.3 Å². The Morgan fingerprint density at radius 2 is 1.87 bits per heavy atom. The molecule has 0 aliphatic carbocycles. The number of nitrogens with zero attached hydrogens (tertiary/aromatic N) is 1. The quantitative estimate of drug-likeness (QED) is 0.803. The van der Waals surface area contributed by atoms with Crippen LogP contribution >= 0.6 is 0 Å². The molecule has 0 saturated carbocycles. The number of hydrogen-bond donors (Lipinski definition) is 0. The number of rotatable bonds is 3. The van der Waals surface area contributed by atoms with E-state index < -0.39 is 29.8 Å². The predicted octanol–water partition coefficient (Wildman–Crippen LogP) is 2.93. The minimum absolute atomic E-state index is 0.0241. The topological polar surface area (TPSA) is 55.8 Å². The average Bonchev–Trinajstić information content (AvgIpc) is 2.86. The van der Waals surface area contributed by atoms with Crippen LogP contribution in [-0.4, -0.2) is 41.8 Å². The monoisotopic (exact) mass is 323 g/mol. The van der Waals surface area contributed by atoms with Gasteiger partial charge in [0.25, 0.3) is 0 Å². The Kier molecular flexibility index (Phi) is 5.23. The maximum Gasteiger partial charge on any atom is 0.410 e. The van der Waals surface area contributed by atoms with Gasteiger partial charge in [-0.15, -0.1) is 0 Å². The number of ether oxygens (including phenoxy) is 2. The lowest BCUT2D eigenvalue weighted by Crippen LogP contribution is -2.36. The molecule has 126 valence electrons. The maximum absolute atomic E-state index is 14.1. The van der Waals surface area contributed by atoms with E-state index in [1.54, 1.807) is 20.8 Å². The summed E-state index contributed by atoms with van der Waals surface area (Å²) in [5.41, 5.74) is 0.174. The van der Waals surface area contributed by atoms with E-state index in [4.69, 9.17) is 9.47 Å². The Morgan fingerprint density at radius 1 is 1.22 bits per heavy atom. The first kappa shape index (κ1) is 17.2. The Bertz CT molecular complexity index is 555. The van der Waals surface area contributed by atoms with Gasteiger partial charge in [-0.3, -0.25) is 4.79 Å². The van der Waals surface area contributed by atoms with Crippen molar-refractivity contribution < 1.29 is 23.5 Å². The zero-order valence-electron chi connectivity index (χ0n) is 13.6. The van der Waals surface area contributed by atoms with E-state index in [0.717, 1.165) is 5.56 Å². The summed E-state index contributed by atoms with van der Waals surface area (Å²) >= 11 is 0. The van der Waals surface area contributed by atoms with Gasteiger partial charge in [0, 0.05) is 6.54 Å². The number of halogens is 1. The highest BCUT2D eigenvalue weighted by Gasteiger charge is 2.42. The zero-order valence-corrected chi connectivity index (χ0v) is 13.6. The van der Waals surface area contributed by atoms with Gasteiger partial charge < -0.3 is 14.4 Å². The molecule has 1 aliphatic heterocycles. The lowest BCUT2D eigenvalue weighted by atomic mass is 10.1. The molecule has 1 aromatic carbocycles. The smallest absolute Gasteiger partial charge is 0.410 e. The fourth-order valence-corrected chi connectivity index (χ4v) is 2.30. The second-order valence-corrected chi connectivity index (χ2v) is 6.60. The van der Waals surface area contributed by atoms with Crippen LogP contribution in [0, 0.1) is 5.92 Å². The van der Waals surface area contributed by atoms with E-state index in [9.17, 15) is 14.0 Å². The minimum Gasteiger partial charge on any atom is -0.460 e. The number of likely N-dealkylation sites (tertiary alicyclic amines) is 1. The predicted molar refractivity (Wildman–Crippen MR) is 82.4 cm³/mol. The van der Waals surface area contributed by atoms with Crippen molar-refractivity contribution in [2.24, 2.45) is 5.92 Å². The third kappa shape index (κ3) is 4.94. The second kappa shape index (κ2) is 6.98. The van der Waals surface area contributed by atoms with Crippen molar-refractivity contribution in [3.63, 3.8) is 0 Å². The van der Waals surface area contributed by atoms with Crippen molar-refractivity contribution in [1.82, 2.24) is 4.90 Å². The van der Waals surface area contributed by atoms with Gasteiger partial charge in [-0.05, 0) is 26.3 Å². The Morgan fingerprint density at radius 3 is 2.48 bits per heavy atom. The molecule has 2 rings (SSSR count). The standard InChI is InChI=1S/C17H22FNO4/c1-17(2,3)23-16(21)19-9-13(14(18)10-19)15(20)22-11-12-7-5-4-6-8-12/h4-8,13-14H,9-11H2,1-3H3/t13-,14+/m0/s1. The van der Waals surface area contributed by atoms with E-state index >= 15 is 0 Å². The van der Waals surface area contributed by atoms with Gasteiger partial charge in [-0.25, -0.2) is 9.18 Å². The van der Waals surface area contributed by atoms with Gasteiger partial charge in [-0.1, -0.05) is 30.3 Å². The van der Waals surface area contributed by atoms with Crippen molar-refractivity contribution in [3.05, 3.63) is 35.9 Å². The van der Waals surface area contributed by atoms with Gasteiger partial charge in [0.05, 0.1) is 6.54 Å². The molecule has 0 aromatic heterocycles. The number of carbonyl (C=O) groups excluding carboxylic acids is 2. The van der Waals surface area contributed by atoms with Crippen LogP contribution in [0.15, 0.2) is 30.3 Å². The SMILES string of the molecule is CC(C)(C)OC(=O)N1C[C@@H](F)[C@@H](C(=O)OCc2ccccc2)C1. The first-order valence-corrected chi connectivity index (χ1v) is 7.59. The molecule has 0 radical (unpaired) electrons. The minimum atomic E-state index is -1.44. The summed E-state index contributed by atoms with van der Waals surface area (Å²) in [5, 5.41) is 0. The van der Waals surface area contributed by atoms with Crippen LogP contribution in [-0.2, 0) is 20.9 Å². The largest absolute Gasteiger partial charge is 0.460 e. The molecule has 1 amide bonds. The molecule has 6 heteroatoms. The van der Waals surface area contributed by atoms with Gasteiger partial charge in [0.2, 0.25) is 0 Å². The Labute approximate surface area is 135 Å². The summed E-state index contributed by atoms with van der Waals surface area (Å²) in [6, 6.07) is 9.17. The van der Waals surface area contributed by atoms with E-state index in [2.05, 4.69) is 0 Å². The van der Waals surface area contributed by atoms with Crippen molar-refractivity contribution in [2.45, 2.75) is 39.2 Å². The molecule has 0 spiro atoms. The van der Waals surface area contributed by atoms with Crippen molar-refractivity contribution in [3.8, 4) is 0 Å². The molecule has 0 N–H and O–H groups in total. The summed E-state index contributed by atoms with van der Waals surface area (Å²) in [4.78, 5) is 25.2. The molecule has 1 saturated heterocycles. The van der Waals surface area contributed by atoms with Crippen LogP contribution in [0.2, 0.25) is 0 Å². The molecule has 1 fully saturated rings. The highest BCUT2D eigenvalue weighted by molar-refractivity contribution is 5.76. The van der Waals surface area contributed by atoms with E-state index in [1.807, 2.05) is 30.3 Å². The van der Waals surface area contributed by atoms with Crippen LogP contribution in [0.3, 0.4) is 0 Å². The highest BCUT2D eigenvalue weighted by atomic mass is 19.1. The van der Waals surface area contributed by atoms with Crippen LogP contribution in [0.5, 0.6) is 0 Å². The normalized spacial score (nSPS) is 21.1. The molecule has 5 nitrogen and oxygen atoms in total. The second-order valence-electron chi connectivity index (χ2n) is 6.60. The molecule has 1 aromatic rings. The third-order valence-electron chi connectivity index (χ3n) is 3.43. The maximum atomic E-state index is 14.1. The summed E-state index contributed by atoms with van der Waals surface area (Å²) in [6.07, 6.45) is -2.05. The first-order chi connectivity index (χ1) is 10.8. The number of esters is 1. The summed E-state index contributed by atoms with van der Waals surface area (Å²) in [7, 11) is 0. The molecular formula is C17H22FNO4. The third-order valence-corrected chi connectivity index (χ3v) is 3.43. The molecule has 1 heterocycles. The average molecular weight is 323 g/mol.